The van der Waals surface area contributed by atoms with Crippen LogP contribution in [0.1, 0.15) is 5.69 Å². The van der Waals surface area contributed by atoms with Gasteiger partial charge in [-0.2, -0.15) is 0 Å². The highest BCUT2D eigenvalue weighted by Crippen LogP contribution is 2.34. The summed E-state index contributed by atoms with van der Waals surface area (Å²) in [6.45, 7) is 2.29. The van der Waals surface area contributed by atoms with Crippen LogP contribution < -0.4 is 15.0 Å². The first kappa shape index (κ1) is 14.2. The van der Waals surface area contributed by atoms with E-state index in [0.717, 1.165) is 36.6 Å². The Morgan fingerprint density at radius 3 is 3.23 bits per heavy atom. The molecule has 0 saturated carbocycles. The average Bonchev–Trinajstić information content (AvgIpc) is 3.06. The summed E-state index contributed by atoms with van der Waals surface area (Å²) >= 11 is 0. The molecule has 3 rings (SSSR count). The molecule has 0 saturated heterocycles. The molecule has 1 amide bonds. The number of amides is 1. The van der Waals surface area contributed by atoms with Crippen LogP contribution >= 0.6 is 0 Å². The standard InChI is InChI=1S/C15H18N4O3/c1-21-15(20)18-11-2-3-14-13(8-11)19(6-7-22-14)5-4-12-9-16-10-17-12/h2-3,8-10H,4-7H2,1H3,(H,16,17)(H,18,20). The van der Waals surface area contributed by atoms with Gasteiger partial charge in [0.1, 0.15) is 12.4 Å². The van der Waals surface area contributed by atoms with Gasteiger partial charge < -0.3 is 19.4 Å². The van der Waals surface area contributed by atoms with Crippen LogP contribution in [0.15, 0.2) is 30.7 Å². The number of hydrogen-bond donors (Lipinski definition) is 2. The average molecular weight is 302 g/mol. The van der Waals surface area contributed by atoms with Crippen LogP contribution in [0.5, 0.6) is 5.75 Å². The molecule has 22 heavy (non-hydrogen) atoms. The van der Waals surface area contributed by atoms with Gasteiger partial charge >= 0.3 is 6.09 Å². The Labute approximate surface area is 128 Å². The molecule has 1 aromatic heterocycles. The van der Waals surface area contributed by atoms with Crippen molar-refractivity contribution >= 4 is 17.5 Å². The Balaban J connectivity index is 1.75. The van der Waals surface area contributed by atoms with Crippen molar-refractivity contribution in [2.24, 2.45) is 0 Å². The fourth-order valence-electron chi connectivity index (χ4n) is 2.43. The van der Waals surface area contributed by atoms with E-state index in [1.54, 1.807) is 12.4 Å². The molecule has 7 nitrogen and oxygen atoms in total. The molecule has 116 valence electrons. The van der Waals surface area contributed by atoms with E-state index in [4.69, 9.17) is 4.74 Å². The first-order chi connectivity index (χ1) is 10.8. The number of fused-ring (bicyclic) bond motifs is 1. The van der Waals surface area contributed by atoms with Gasteiger partial charge in [0.15, 0.2) is 0 Å². The number of rotatable bonds is 4. The van der Waals surface area contributed by atoms with Crippen molar-refractivity contribution < 1.29 is 14.3 Å². The van der Waals surface area contributed by atoms with E-state index in [1.165, 1.54) is 7.11 Å². The maximum atomic E-state index is 11.3. The minimum atomic E-state index is -0.486. The first-order valence-corrected chi connectivity index (χ1v) is 7.10. The molecule has 2 heterocycles. The Morgan fingerprint density at radius 2 is 2.45 bits per heavy atom. The van der Waals surface area contributed by atoms with Gasteiger partial charge in [-0.05, 0) is 18.2 Å². The number of ether oxygens (including phenoxy) is 2. The lowest BCUT2D eigenvalue weighted by molar-refractivity contribution is 0.187. The van der Waals surface area contributed by atoms with E-state index in [9.17, 15) is 4.79 Å². The summed E-state index contributed by atoms with van der Waals surface area (Å²) in [5.41, 5.74) is 2.67. The quantitative estimate of drug-likeness (QED) is 0.903. The van der Waals surface area contributed by atoms with Crippen LogP contribution in [0.3, 0.4) is 0 Å². The topological polar surface area (TPSA) is 79.5 Å². The van der Waals surface area contributed by atoms with Gasteiger partial charge in [0.25, 0.3) is 0 Å². The molecule has 0 fully saturated rings. The van der Waals surface area contributed by atoms with Crippen LogP contribution in [-0.2, 0) is 11.2 Å². The molecular formula is C15H18N4O3. The number of benzene rings is 1. The van der Waals surface area contributed by atoms with Gasteiger partial charge in [-0.15, -0.1) is 0 Å². The van der Waals surface area contributed by atoms with Crippen LogP contribution in [0.2, 0.25) is 0 Å². The predicted octanol–water partition coefficient (Wildman–Crippen LogP) is 2.03. The van der Waals surface area contributed by atoms with E-state index in [0.29, 0.717) is 12.3 Å². The van der Waals surface area contributed by atoms with Crippen molar-refractivity contribution in [3.63, 3.8) is 0 Å². The second-order valence-electron chi connectivity index (χ2n) is 4.95. The third kappa shape index (κ3) is 3.13. The number of carbonyl (C=O) groups is 1. The molecule has 0 spiro atoms. The van der Waals surface area contributed by atoms with Crippen molar-refractivity contribution in [2.75, 3.05) is 37.0 Å². The Kier molecular flexibility index (Phi) is 4.13. The number of nitrogens with zero attached hydrogens (tertiary/aromatic N) is 2. The summed E-state index contributed by atoms with van der Waals surface area (Å²) < 4.78 is 10.3. The Bertz CT molecular complexity index is 642. The fraction of sp³-hybridized carbons (Fsp3) is 0.333. The van der Waals surface area contributed by atoms with E-state index < -0.39 is 6.09 Å². The summed E-state index contributed by atoms with van der Waals surface area (Å²) in [6, 6.07) is 5.56. The predicted molar refractivity (Wildman–Crippen MR) is 82.5 cm³/mol. The highest BCUT2D eigenvalue weighted by Gasteiger charge is 2.19. The molecule has 2 aromatic rings. The van der Waals surface area contributed by atoms with Crippen molar-refractivity contribution in [3.05, 3.63) is 36.4 Å². The Hall–Kier alpha value is -2.70. The largest absolute Gasteiger partial charge is 0.490 e. The number of carbonyl (C=O) groups excluding carboxylic acids is 1. The van der Waals surface area contributed by atoms with Crippen molar-refractivity contribution in [1.82, 2.24) is 9.97 Å². The fourth-order valence-corrected chi connectivity index (χ4v) is 2.43. The SMILES string of the molecule is COC(=O)Nc1ccc2c(c1)N(CCc1c[nH]cn1)CCO2. The smallest absolute Gasteiger partial charge is 0.411 e. The third-order valence-corrected chi connectivity index (χ3v) is 3.54. The number of anilines is 2. The van der Waals surface area contributed by atoms with Crippen molar-refractivity contribution in [1.29, 1.82) is 0 Å². The molecule has 1 aromatic carbocycles. The first-order valence-electron chi connectivity index (χ1n) is 7.10. The summed E-state index contributed by atoms with van der Waals surface area (Å²) in [5, 5.41) is 2.67. The number of imidazole rings is 1. The number of aromatic nitrogens is 2. The van der Waals surface area contributed by atoms with Crippen LogP contribution in [-0.4, -0.2) is 42.9 Å². The lowest BCUT2D eigenvalue weighted by atomic mass is 10.2. The van der Waals surface area contributed by atoms with E-state index >= 15 is 0 Å². The molecule has 1 aliphatic rings. The van der Waals surface area contributed by atoms with Crippen molar-refractivity contribution in [3.8, 4) is 5.75 Å². The lowest BCUT2D eigenvalue weighted by Crippen LogP contribution is -2.34. The van der Waals surface area contributed by atoms with Crippen LogP contribution in [0.4, 0.5) is 16.2 Å². The minimum Gasteiger partial charge on any atom is -0.490 e. The summed E-state index contributed by atoms with van der Waals surface area (Å²) in [5.74, 6) is 0.823. The number of H-pyrrole nitrogens is 1. The highest BCUT2D eigenvalue weighted by molar-refractivity contribution is 5.86. The summed E-state index contributed by atoms with van der Waals surface area (Å²) in [7, 11) is 1.34. The van der Waals surface area contributed by atoms with Crippen LogP contribution in [0, 0.1) is 0 Å². The zero-order chi connectivity index (χ0) is 15.4. The Morgan fingerprint density at radius 1 is 1.55 bits per heavy atom. The number of hydrogen-bond acceptors (Lipinski definition) is 5. The number of nitrogens with one attached hydrogen (secondary N) is 2. The molecule has 0 unspecified atom stereocenters. The van der Waals surface area contributed by atoms with Gasteiger partial charge in [0, 0.05) is 24.8 Å². The van der Waals surface area contributed by atoms with Gasteiger partial charge in [0.05, 0.1) is 31.4 Å². The highest BCUT2D eigenvalue weighted by atomic mass is 16.5. The summed E-state index contributed by atoms with van der Waals surface area (Å²) in [6.07, 6.45) is 3.94. The second-order valence-corrected chi connectivity index (χ2v) is 4.95. The molecule has 0 aliphatic carbocycles. The minimum absolute atomic E-state index is 0.486. The van der Waals surface area contributed by atoms with E-state index in [1.807, 2.05) is 18.3 Å². The van der Waals surface area contributed by atoms with Gasteiger partial charge in [-0.3, -0.25) is 5.32 Å². The molecule has 0 radical (unpaired) electrons. The van der Waals surface area contributed by atoms with Gasteiger partial charge in [-0.25, -0.2) is 9.78 Å². The lowest BCUT2D eigenvalue weighted by Gasteiger charge is -2.31. The monoisotopic (exact) mass is 302 g/mol. The molecule has 2 N–H and O–H groups in total. The maximum Gasteiger partial charge on any atom is 0.411 e. The molecular weight excluding hydrogens is 284 g/mol. The van der Waals surface area contributed by atoms with E-state index in [2.05, 4.69) is 24.9 Å². The van der Waals surface area contributed by atoms with Gasteiger partial charge in [-0.1, -0.05) is 0 Å². The molecule has 1 aliphatic heterocycles. The van der Waals surface area contributed by atoms with E-state index in [-0.39, 0.29) is 0 Å². The normalized spacial score (nSPS) is 13.2. The number of methoxy groups -OCH3 is 1. The second kappa shape index (κ2) is 6.38. The van der Waals surface area contributed by atoms with Crippen molar-refractivity contribution in [2.45, 2.75) is 6.42 Å². The van der Waals surface area contributed by atoms with Crippen LogP contribution in [0.25, 0.3) is 0 Å². The third-order valence-electron chi connectivity index (χ3n) is 3.54. The molecule has 0 bridgehead atoms. The zero-order valence-electron chi connectivity index (χ0n) is 12.3. The summed E-state index contributed by atoms with van der Waals surface area (Å²) in [4.78, 5) is 20.7. The molecule has 7 heteroatoms. The molecule has 0 atom stereocenters. The zero-order valence-corrected chi connectivity index (χ0v) is 12.3. The van der Waals surface area contributed by atoms with Gasteiger partial charge in [0.2, 0.25) is 0 Å². The maximum absolute atomic E-state index is 11.3. The number of aromatic amines is 1.